The van der Waals surface area contributed by atoms with Gasteiger partial charge in [-0.25, -0.2) is 4.57 Å². The minimum atomic E-state index is -0.816. The van der Waals surface area contributed by atoms with Crippen molar-refractivity contribution in [2.24, 2.45) is 0 Å². The van der Waals surface area contributed by atoms with Crippen LogP contribution in [0.4, 0.5) is 0 Å². The first-order chi connectivity index (χ1) is 6.72. The number of aliphatic carboxylic acids is 1. The van der Waals surface area contributed by atoms with E-state index in [1.165, 1.54) is 0 Å². The van der Waals surface area contributed by atoms with Gasteiger partial charge in [-0.15, -0.1) is 0 Å². The molecule has 1 N–H and O–H groups in total. The van der Waals surface area contributed by atoms with Gasteiger partial charge in [-0.2, -0.15) is 0 Å². The minimum absolute atomic E-state index is 0. The van der Waals surface area contributed by atoms with Crippen molar-refractivity contribution in [2.75, 3.05) is 0 Å². The van der Waals surface area contributed by atoms with Crippen LogP contribution in [0.25, 0.3) is 0 Å². The van der Waals surface area contributed by atoms with Crippen LogP contribution in [0.5, 0.6) is 5.75 Å². The molecule has 0 heterocycles. The number of benzene rings is 1. The average Bonchev–Trinajstić information content (AvgIpc) is 2.17. The normalized spacial score (nSPS) is 9.33. The van der Waals surface area contributed by atoms with Crippen molar-refractivity contribution in [3.8, 4) is 5.75 Å². The van der Waals surface area contributed by atoms with E-state index in [4.69, 9.17) is 5.11 Å². The molecular formula is C9H9O4PZn. The predicted molar refractivity (Wildman–Crippen MR) is 50.6 cm³/mol. The summed E-state index contributed by atoms with van der Waals surface area (Å²) in [4.78, 5) is 10.3. The van der Waals surface area contributed by atoms with Gasteiger partial charge in [0, 0.05) is 25.9 Å². The Morgan fingerprint density at radius 3 is 2.40 bits per heavy atom. The molecule has 15 heavy (non-hydrogen) atoms. The Morgan fingerprint density at radius 1 is 1.33 bits per heavy atom. The van der Waals surface area contributed by atoms with Gasteiger partial charge in [-0.3, -0.25) is 4.79 Å². The standard InChI is InChI=1S/C9H9O4P.Zn/c10-9(11)6-3-7-1-4-8(5-2-7)13-14-12;/h1-2,4-5H,3,6H2,(H,10,11);. The van der Waals surface area contributed by atoms with E-state index in [1.54, 1.807) is 24.3 Å². The van der Waals surface area contributed by atoms with Crippen LogP contribution in [0.2, 0.25) is 0 Å². The van der Waals surface area contributed by atoms with Crippen LogP contribution >= 0.6 is 8.69 Å². The number of aryl methyl sites for hydroxylation is 1. The van der Waals surface area contributed by atoms with Crippen LogP contribution in [0.3, 0.4) is 0 Å². The monoisotopic (exact) mass is 276 g/mol. The molecule has 0 unspecified atom stereocenters. The predicted octanol–water partition coefficient (Wildman–Crippen LogP) is 2.29. The summed E-state index contributed by atoms with van der Waals surface area (Å²) >= 11 is 0. The third kappa shape index (κ3) is 5.61. The van der Waals surface area contributed by atoms with E-state index in [-0.39, 0.29) is 25.9 Å². The van der Waals surface area contributed by atoms with E-state index in [1.807, 2.05) is 0 Å². The molecule has 0 aliphatic carbocycles. The molecule has 0 bridgehead atoms. The molecular weight excluding hydrogens is 268 g/mol. The maximum Gasteiger partial charge on any atom is 0.395 e. The molecule has 1 aromatic carbocycles. The number of hydrogen-bond acceptors (Lipinski definition) is 3. The maximum atomic E-state index is 10.3. The van der Waals surface area contributed by atoms with Crippen molar-refractivity contribution < 1.29 is 38.5 Å². The maximum absolute atomic E-state index is 10.3. The zero-order valence-electron chi connectivity index (χ0n) is 8.05. The third-order valence-electron chi connectivity index (χ3n) is 1.69. The van der Waals surface area contributed by atoms with Gasteiger partial charge in [0.1, 0.15) is 5.75 Å². The molecule has 1 rings (SSSR count). The fourth-order valence-corrected chi connectivity index (χ4v) is 1.22. The van der Waals surface area contributed by atoms with E-state index in [0.717, 1.165) is 5.56 Å². The first-order valence-electron chi connectivity index (χ1n) is 4.03. The molecule has 6 heteroatoms. The van der Waals surface area contributed by atoms with Gasteiger partial charge < -0.3 is 9.63 Å². The first-order valence-corrected chi connectivity index (χ1v) is 4.76. The second-order valence-corrected chi connectivity index (χ2v) is 3.04. The largest absolute Gasteiger partial charge is 0.481 e. The summed E-state index contributed by atoms with van der Waals surface area (Å²) in [5.41, 5.74) is 0.919. The van der Waals surface area contributed by atoms with Gasteiger partial charge in [-0.1, -0.05) is 12.1 Å². The summed E-state index contributed by atoms with van der Waals surface area (Å²) in [5, 5.41) is 8.45. The van der Waals surface area contributed by atoms with Crippen molar-refractivity contribution in [1.29, 1.82) is 0 Å². The van der Waals surface area contributed by atoms with Gasteiger partial charge in [0.15, 0.2) is 0 Å². The van der Waals surface area contributed by atoms with Crippen molar-refractivity contribution in [1.82, 2.24) is 0 Å². The fraction of sp³-hybridized carbons (Fsp3) is 0.222. The van der Waals surface area contributed by atoms with Crippen LogP contribution in [-0.2, 0) is 35.3 Å². The molecule has 1 aromatic rings. The Balaban J connectivity index is 0.00000196. The first kappa shape index (κ1) is 14.2. The van der Waals surface area contributed by atoms with E-state index >= 15 is 0 Å². The molecule has 0 aromatic heterocycles. The third-order valence-corrected chi connectivity index (χ3v) is 1.98. The molecule has 0 amide bonds. The number of hydrogen-bond donors (Lipinski definition) is 1. The zero-order valence-corrected chi connectivity index (χ0v) is 11.9. The van der Waals surface area contributed by atoms with Crippen molar-refractivity contribution in [3.05, 3.63) is 29.8 Å². The summed E-state index contributed by atoms with van der Waals surface area (Å²) < 4.78 is 14.8. The number of carboxylic acids is 1. The quantitative estimate of drug-likeness (QED) is 0.662. The second kappa shape index (κ2) is 7.50. The van der Waals surface area contributed by atoms with Crippen LogP contribution in [-0.4, -0.2) is 11.1 Å². The number of carboxylic acid groups (broad SMARTS) is 1. The molecule has 0 radical (unpaired) electrons. The van der Waals surface area contributed by atoms with Crippen LogP contribution in [0.1, 0.15) is 12.0 Å². The fourth-order valence-electron chi connectivity index (χ4n) is 1.01. The average molecular weight is 278 g/mol. The molecule has 4 nitrogen and oxygen atoms in total. The topological polar surface area (TPSA) is 63.6 Å². The molecule has 0 saturated carbocycles. The van der Waals surface area contributed by atoms with Crippen LogP contribution in [0, 0.1) is 0 Å². The summed E-state index contributed by atoms with van der Waals surface area (Å²) in [5.74, 6) is -0.316. The molecule has 0 spiro atoms. The Kier molecular flexibility index (Phi) is 7.10. The van der Waals surface area contributed by atoms with E-state index in [2.05, 4.69) is 4.52 Å². The van der Waals surface area contributed by atoms with Crippen LogP contribution in [0.15, 0.2) is 24.3 Å². The Labute approximate surface area is 102 Å². The Morgan fingerprint density at radius 2 is 1.93 bits per heavy atom. The van der Waals surface area contributed by atoms with Gasteiger partial charge in [-0.05, 0) is 24.1 Å². The van der Waals surface area contributed by atoms with Crippen molar-refractivity contribution in [3.63, 3.8) is 0 Å². The molecule has 0 saturated heterocycles. The molecule has 0 fully saturated rings. The summed E-state index contributed by atoms with van der Waals surface area (Å²) in [7, 11) is -0.390. The minimum Gasteiger partial charge on any atom is -0.481 e. The number of carbonyl (C=O) groups is 1. The summed E-state index contributed by atoms with van der Waals surface area (Å²) in [6, 6.07) is 6.82. The molecule has 76 valence electrons. The smallest absolute Gasteiger partial charge is 0.395 e. The van der Waals surface area contributed by atoms with Gasteiger partial charge in [0.25, 0.3) is 0 Å². The van der Waals surface area contributed by atoms with E-state index in [9.17, 15) is 9.36 Å². The van der Waals surface area contributed by atoms with Crippen LogP contribution < -0.4 is 4.52 Å². The van der Waals surface area contributed by atoms with Crippen molar-refractivity contribution >= 4 is 14.7 Å². The Bertz CT molecular complexity index is 325. The zero-order chi connectivity index (χ0) is 10.4. The summed E-state index contributed by atoms with van der Waals surface area (Å²) in [6.45, 7) is 0. The van der Waals surface area contributed by atoms with E-state index < -0.39 is 14.7 Å². The SMILES string of the molecule is O=POc1ccc(CCC(=O)O)cc1.[Zn]. The molecule has 0 aliphatic rings. The van der Waals surface area contributed by atoms with Gasteiger partial charge in [0.05, 0.1) is 0 Å². The summed E-state index contributed by atoms with van der Waals surface area (Å²) in [6.07, 6.45) is 0.602. The second-order valence-electron chi connectivity index (χ2n) is 2.70. The van der Waals surface area contributed by atoms with Gasteiger partial charge >= 0.3 is 14.7 Å². The Hall–Kier alpha value is -0.787. The van der Waals surface area contributed by atoms with Crippen molar-refractivity contribution in [2.45, 2.75) is 12.8 Å². The number of rotatable bonds is 5. The van der Waals surface area contributed by atoms with E-state index in [0.29, 0.717) is 12.2 Å². The van der Waals surface area contributed by atoms with Gasteiger partial charge in [0.2, 0.25) is 0 Å². The molecule has 0 atom stereocenters. The molecule has 0 aliphatic heterocycles.